The van der Waals surface area contributed by atoms with E-state index in [4.69, 9.17) is 0 Å². The molecule has 2 aromatic carbocycles. The number of nitrogens with zero attached hydrogens (tertiary/aromatic N) is 1. The quantitative estimate of drug-likeness (QED) is 0.589. The summed E-state index contributed by atoms with van der Waals surface area (Å²) in [6.45, 7) is 1.33. The Balaban J connectivity index is 2.62. The number of phenols is 2. The summed E-state index contributed by atoms with van der Waals surface area (Å²) < 4.78 is 0.737. The zero-order valence-corrected chi connectivity index (χ0v) is 12.8. The van der Waals surface area contributed by atoms with E-state index < -0.39 is 0 Å². The average Bonchev–Trinajstić information content (AvgIpc) is 2.44. The summed E-state index contributed by atoms with van der Waals surface area (Å²) >= 11 is 3.32. The molecule has 0 bridgehead atoms. The zero-order valence-electron chi connectivity index (χ0n) is 11.2. The third-order valence-electron chi connectivity index (χ3n) is 2.70. The van der Waals surface area contributed by atoms with E-state index in [0.717, 1.165) is 4.47 Å². The lowest BCUT2D eigenvalue weighted by molar-refractivity contribution is -0.118. The molecule has 0 fully saturated rings. The van der Waals surface area contributed by atoms with Gasteiger partial charge >= 0.3 is 0 Å². The van der Waals surface area contributed by atoms with Gasteiger partial charge in [0.15, 0.2) is 0 Å². The number of benzene rings is 2. The SMILES string of the molecule is CC(=O)N/N=C(\c1ccccc1O)c1cc(Br)ccc1O. The fraction of sp³-hybridized carbons (Fsp3) is 0.0667. The Morgan fingerprint density at radius 3 is 2.43 bits per heavy atom. The number of nitrogens with one attached hydrogen (secondary N) is 1. The summed E-state index contributed by atoms with van der Waals surface area (Å²) in [6.07, 6.45) is 0. The van der Waals surface area contributed by atoms with E-state index >= 15 is 0 Å². The first-order valence-corrected chi connectivity index (χ1v) is 6.90. The van der Waals surface area contributed by atoms with Crippen LogP contribution < -0.4 is 5.43 Å². The lowest BCUT2D eigenvalue weighted by atomic mass is 10.0. The Morgan fingerprint density at radius 1 is 1.10 bits per heavy atom. The van der Waals surface area contributed by atoms with Crippen LogP contribution in [0.15, 0.2) is 52.0 Å². The van der Waals surface area contributed by atoms with E-state index in [-0.39, 0.29) is 23.1 Å². The van der Waals surface area contributed by atoms with Gasteiger partial charge in [0.05, 0.1) is 0 Å². The van der Waals surface area contributed by atoms with E-state index in [9.17, 15) is 15.0 Å². The molecular formula is C15H13BrN2O3. The van der Waals surface area contributed by atoms with Crippen molar-refractivity contribution in [3.05, 3.63) is 58.1 Å². The highest BCUT2D eigenvalue weighted by molar-refractivity contribution is 9.10. The molecule has 5 nitrogen and oxygen atoms in total. The maximum absolute atomic E-state index is 11.1. The monoisotopic (exact) mass is 348 g/mol. The lowest BCUT2D eigenvalue weighted by Gasteiger charge is -2.11. The minimum Gasteiger partial charge on any atom is -0.507 e. The molecule has 0 aliphatic heterocycles. The van der Waals surface area contributed by atoms with Crippen LogP contribution in [0.3, 0.4) is 0 Å². The van der Waals surface area contributed by atoms with Crippen LogP contribution in [0.4, 0.5) is 0 Å². The first kappa shape index (κ1) is 15.1. The van der Waals surface area contributed by atoms with Crippen molar-refractivity contribution in [3.63, 3.8) is 0 Å². The second-order valence-corrected chi connectivity index (χ2v) is 5.22. The molecule has 0 radical (unpaired) electrons. The Hall–Kier alpha value is -2.34. The van der Waals surface area contributed by atoms with Gasteiger partial charge in [-0.1, -0.05) is 28.1 Å². The fourth-order valence-corrected chi connectivity index (χ4v) is 2.13. The van der Waals surface area contributed by atoms with Crippen molar-refractivity contribution < 1.29 is 15.0 Å². The minimum absolute atomic E-state index is 0.000905. The van der Waals surface area contributed by atoms with Crippen LogP contribution in [0.5, 0.6) is 11.5 Å². The number of aromatic hydroxyl groups is 2. The highest BCUT2D eigenvalue weighted by atomic mass is 79.9. The molecule has 0 aliphatic rings. The smallest absolute Gasteiger partial charge is 0.236 e. The van der Waals surface area contributed by atoms with Gasteiger partial charge in [-0.05, 0) is 30.3 Å². The zero-order chi connectivity index (χ0) is 15.4. The Morgan fingerprint density at radius 2 is 1.76 bits per heavy atom. The Bertz CT molecular complexity index is 714. The van der Waals surface area contributed by atoms with Crippen molar-refractivity contribution in [3.8, 4) is 11.5 Å². The Kier molecular flexibility index (Phi) is 4.59. The normalized spacial score (nSPS) is 11.2. The van der Waals surface area contributed by atoms with Crippen LogP contribution in [-0.2, 0) is 4.79 Å². The number of carbonyl (C=O) groups is 1. The maximum atomic E-state index is 11.1. The molecule has 0 unspecified atom stereocenters. The van der Waals surface area contributed by atoms with Crippen LogP contribution in [0.25, 0.3) is 0 Å². The summed E-state index contributed by atoms with van der Waals surface area (Å²) in [5, 5.41) is 24.0. The average molecular weight is 349 g/mol. The molecular weight excluding hydrogens is 336 g/mol. The number of hydrazone groups is 1. The maximum Gasteiger partial charge on any atom is 0.236 e. The predicted molar refractivity (Wildman–Crippen MR) is 83.4 cm³/mol. The van der Waals surface area contributed by atoms with Crippen molar-refractivity contribution in [2.75, 3.05) is 0 Å². The van der Waals surface area contributed by atoms with Crippen LogP contribution in [0, 0.1) is 0 Å². The van der Waals surface area contributed by atoms with E-state index in [1.54, 1.807) is 30.3 Å². The standard InChI is InChI=1S/C15H13BrN2O3/c1-9(19)17-18-15(11-4-2-3-5-13(11)20)12-8-10(16)6-7-14(12)21/h2-8,20-21H,1H3,(H,17,19)/b18-15+. The number of amides is 1. The van der Waals surface area contributed by atoms with Gasteiger partial charge in [-0.15, -0.1) is 0 Å². The molecule has 2 aromatic rings. The minimum atomic E-state index is -0.350. The van der Waals surface area contributed by atoms with Crippen molar-refractivity contribution in [1.29, 1.82) is 0 Å². The number of hydrogen-bond acceptors (Lipinski definition) is 4. The summed E-state index contributed by atoms with van der Waals surface area (Å²) in [5.41, 5.74) is 3.38. The van der Waals surface area contributed by atoms with Gasteiger partial charge in [0, 0.05) is 22.5 Å². The van der Waals surface area contributed by atoms with Crippen molar-refractivity contribution >= 4 is 27.5 Å². The lowest BCUT2D eigenvalue weighted by Crippen LogP contribution is -2.17. The molecule has 0 atom stereocenters. The van der Waals surface area contributed by atoms with Gasteiger partial charge in [0.2, 0.25) is 5.91 Å². The number of phenolic OH excluding ortho intramolecular Hbond substituents is 2. The van der Waals surface area contributed by atoms with Gasteiger partial charge in [-0.3, -0.25) is 4.79 Å². The summed E-state index contributed by atoms with van der Waals surface area (Å²) in [5.74, 6) is -0.357. The molecule has 2 rings (SSSR count). The van der Waals surface area contributed by atoms with Crippen molar-refractivity contribution in [2.45, 2.75) is 6.92 Å². The number of halogens is 1. The summed E-state index contributed by atoms with van der Waals surface area (Å²) in [7, 11) is 0. The highest BCUT2D eigenvalue weighted by Crippen LogP contribution is 2.28. The van der Waals surface area contributed by atoms with Gasteiger partial charge < -0.3 is 10.2 Å². The van der Waals surface area contributed by atoms with Crippen LogP contribution >= 0.6 is 15.9 Å². The van der Waals surface area contributed by atoms with Gasteiger partial charge in [0.1, 0.15) is 17.2 Å². The Labute approximate surface area is 130 Å². The summed E-state index contributed by atoms with van der Waals surface area (Å²) in [6, 6.07) is 11.4. The first-order valence-electron chi connectivity index (χ1n) is 6.10. The van der Waals surface area contributed by atoms with Crippen LogP contribution in [0.2, 0.25) is 0 Å². The first-order chi connectivity index (χ1) is 9.99. The molecule has 3 N–H and O–H groups in total. The number of para-hydroxylation sites is 1. The van der Waals surface area contributed by atoms with Gasteiger partial charge in [0.25, 0.3) is 0 Å². The van der Waals surface area contributed by atoms with Crippen LogP contribution in [-0.4, -0.2) is 21.8 Å². The number of hydrogen-bond donors (Lipinski definition) is 3. The topological polar surface area (TPSA) is 81.9 Å². The van der Waals surface area contributed by atoms with E-state index in [2.05, 4.69) is 26.5 Å². The second-order valence-electron chi connectivity index (χ2n) is 4.31. The second kappa shape index (κ2) is 6.41. The van der Waals surface area contributed by atoms with Gasteiger partial charge in [-0.25, -0.2) is 5.43 Å². The number of rotatable bonds is 3. The molecule has 21 heavy (non-hydrogen) atoms. The largest absolute Gasteiger partial charge is 0.507 e. The molecule has 1 amide bonds. The molecule has 0 aliphatic carbocycles. The molecule has 6 heteroatoms. The molecule has 0 spiro atoms. The highest BCUT2D eigenvalue weighted by Gasteiger charge is 2.16. The van der Waals surface area contributed by atoms with E-state index in [1.807, 2.05) is 0 Å². The third-order valence-corrected chi connectivity index (χ3v) is 3.19. The van der Waals surface area contributed by atoms with Crippen molar-refractivity contribution in [1.82, 2.24) is 5.43 Å². The van der Waals surface area contributed by atoms with E-state index in [1.165, 1.54) is 19.1 Å². The van der Waals surface area contributed by atoms with Gasteiger partial charge in [-0.2, -0.15) is 5.10 Å². The molecule has 0 heterocycles. The third kappa shape index (κ3) is 3.61. The number of carbonyl (C=O) groups excluding carboxylic acids is 1. The molecule has 0 aromatic heterocycles. The molecule has 108 valence electrons. The predicted octanol–water partition coefficient (Wildman–Crippen LogP) is 2.75. The molecule has 0 saturated carbocycles. The van der Waals surface area contributed by atoms with E-state index in [0.29, 0.717) is 11.1 Å². The molecule has 0 saturated heterocycles. The van der Waals surface area contributed by atoms with Crippen LogP contribution in [0.1, 0.15) is 18.1 Å². The van der Waals surface area contributed by atoms with Crippen molar-refractivity contribution in [2.24, 2.45) is 5.10 Å². The fourth-order valence-electron chi connectivity index (χ4n) is 1.77. The summed E-state index contributed by atoms with van der Waals surface area (Å²) in [4.78, 5) is 11.1.